The summed E-state index contributed by atoms with van der Waals surface area (Å²) in [5.41, 5.74) is 15.0. The monoisotopic (exact) mass is 781 g/mol. The molecule has 1 unspecified atom stereocenters. The third kappa shape index (κ3) is 10.3. The number of rotatable bonds is 10. The van der Waals surface area contributed by atoms with Gasteiger partial charge in [0.1, 0.15) is 0 Å². The van der Waals surface area contributed by atoms with Gasteiger partial charge in [0.05, 0.1) is 6.04 Å². The maximum absolute atomic E-state index is 5.74. The highest BCUT2D eigenvalue weighted by Crippen LogP contribution is 2.34. The summed E-state index contributed by atoms with van der Waals surface area (Å²) in [7, 11) is 0. The Morgan fingerprint density at radius 2 is 1.63 bits per heavy atom. The van der Waals surface area contributed by atoms with Crippen molar-refractivity contribution in [3.63, 3.8) is 0 Å². The van der Waals surface area contributed by atoms with Crippen molar-refractivity contribution in [1.82, 2.24) is 10.2 Å². The summed E-state index contributed by atoms with van der Waals surface area (Å²) >= 11 is 0. The fraction of sp³-hybridized carbons (Fsp3) is 0.158. The van der Waals surface area contributed by atoms with Crippen molar-refractivity contribution in [2.75, 3.05) is 24.5 Å². The van der Waals surface area contributed by atoms with E-state index in [1.165, 1.54) is 39.4 Å². The quantitative estimate of drug-likeness (QED) is 0.163. The van der Waals surface area contributed by atoms with E-state index < -0.39 is 0 Å². The molecular weight excluding hydrogens is 727 g/mol. The zero-order chi connectivity index (χ0) is 41.5. The van der Waals surface area contributed by atoms with Gasteiger partial charge in [-0.05, 0) is 107 Å². The maximum Gasteiger partial charge on any atom is 0.0687 e. The molecule has 1 atom stereocenters. The van der Waals surface area contributed by atoms with Crippen LogP contribution >= 0.6 is 0 Å². The number of nitrogens with one attached hydrogen (secondary N) is 1. The molecule has 4 aliphatic rings. The molecule has 0 spiro atoms. The van der Waals surface area contributed by atoms with Gasteiger partial charge in [0.25, 0.3) is 0 Å². The van der Waals surface area contributed by atoms with Crippen molar-refractivity contribution in [3.8, 4) is 12.3 Å². The molecule has 0 bridgehead atoms. The first-order chi connectivity index (χ1) is 29.5. The number of para-hydroxylation sites is 1. The molecule has 0 fully saturated rings. The maximum atomic E-state index is 5.74. The second-order valence-corrected chi connectivity index (χ2v) is 15.2. The molecule has 3 heterocycles. The number of hydrogen-bond donors (Lipinski definition) is 1. The zero-order valence-corrected chi connectivity index (χ0v) is 35.0. The molecule has 298 valence electrons. The molecule has 3 nitrogen and oxygen atoms in total. The van der Waals surface area contributed by atoms with E-state index in [0.717, 1.165) is 65.9 Å². The number of hydrogen-bond acceptors (Lipinski definition) is 3. The first-order valence-corrected chi connectivity index (χ1v) is 21.1. The van der Waals surface area contributed by atoms with E-state index in [0.29, 0.717) is 6.54 Å². The summed E-state index contributed by atoms with van der Waals surface area (Å²) < 4.78 is 0. The minimum atomic E-state index is 0.0398. The predicted molar refractivity (Wildman–Crippen MR) is 258 cm³/mol. The number of benzene rings is 3. The van der Waals surface area contributed by atoms with Gasteiger partial charge in [-0.3, -0.25) is 0 Å². The van der Waals surface area contributed by atoms with E-state index in [1.807, 2.05) is 24.3 Å². The summed E-state index contributed by atoms with van der Waals surface area (Å²) in [6, 6.07) is 29.8. The lowest BCUT2D eigenvalue weighted by atomic mass is 9.96. The second kappa shape index (κ2) is 20.6. The average Bonchev–Trinajstić information content (AvgIpc) is 3.51. The van der Waals surface area contributed by atoms with Crippen LogP contribution in [0, 0.1) is 12.3 Å². The molecular formula is C57H55N3. The Labute approximate surface area is 358 Å². The van der Waals surface area contributed by atoms with Gasteiger partial charge in [-0.2, -0.15) is 0 Å². The van der Waals surface area contributed by atoms with Crippen LogP contribution in [0.1, 0.15) is 43.4 Å². The molecule has 60 heavy (non-hydrogen) atoms. The van der Waals surface area contributed by atoms with Crippen molar-refractivity contribution in [2.45, 2.75) is 39.2 Å². The second-order valence-electron chi connectivity index (χ2n) is 15.2. The Morgan fingerprint density at radius 3 is 2.45 bits per heavy atom. The van der Waals surface area contributed by atoms with Crippen molar-refractivity contribution >= 4 is 17.0 Å². The van der Waals surface area contributed by atoms with Gasteiger partial charge in [0.15, 0.2) is 0 Å². The Morgan fingerprint density at radius 1 is 0.850 bits per heavy atom. The summed E-state index contributed by atoms with van der Waals surface area (Å²) in [4.78, 5) is 4.89. The summed E-state index contributed by atoms with van der Waals surface area (Å²) in [6.07, 6.45) is 48.4. The van der Waals surface area contributed by atoms with E-state index in [9.17, 15) is 0 Å². The largest absolute Gasteiger partial charge is 0.374 e. The van der Waals surface area contributed by atoms with Crippen LogP contribution in [0.3, 0.4) is 0 Å². The van der Waals surface area contributed by atoms with Gasteiger partial charge >= 0.3 is 0 Å². The third-order valence-electron chi connectivity index (χ3n) is 11.2. The molecule has 3 aromatic rings. The molecule has 1 aliphatic carbocycles. The molecule has 1 N–H and O–H groups in total. The lowest BCUT2D eigenvalue weighted by Crippen LogP contribution is -2.35. The molecule has 0 saturated carbocycles. The third-order valence-corrected chi connectivity index (χ3v) is 11.2. The molecule has 3 aliphatic heterocycles. The molecule has 3 aromatic carbocycles. The summed E-state index contributed by atoms with van der Waals surface area (Å²) in [6.45, 7) is 11.2. The Bertz CT molecular complexity index is 2490. The molecule has 3 heteroatoms. The fourth-order valence-electron chi connectivity index (χ4n) is 7.94. The number of fused-ring (bicyclic) bond motifs is 1. The number of nitrogens with zero attached hydrogens (tertiary/aromatic N) is 2. The Hall–Kier alpha value is -7.02. The lowest BCUT2D eigenvalue weighted by molar-refractivity contribution is 0.420. The van der Waals surface area contributed by atoms with Gasteiger partial charge < -0.3 is 15.1 Å². The van der Waals surface area contributed by atoms with Crippen LogP contribution in [0.4, 0.5) is 5.69 Å². The van der Waals surface area contributed by atoms with Crippen molar-refractivity contribution < 1.29 is 0 Å². The number of allylic oxidation sites excluding steroid dienone is 20. The standard InChI is InChI=1S/C57H55N3/c1-5-7-35-54-44(3)41-52(34-22-39-59(45(54)4)38-21-33-46(23-6-2)47-24-14-10-15-25-47)48-31-20-32-51-30-18-19-36-57(51)60(40-37-48)53-42-55(49-26-12-8-9-13-27-49)58-56(43-53)50-28-16-11-17-29-50/h2,7-26,28-31,33-37,41-43,55,58H,3,5,27,32,38-40H2,1,4H3/b31-20-,33-21-,34-22-,35-7-,46-23+,48-37+,52-41+,54-45-. The van der Waals surface area contributed by atoms with Crippen LogP contribution in [-0.4, -0.2) is 30.6 Å². The fourth-order valence-corrected chi connectivity index (χ4v) is 7.94. The highest BCUT2D eigenvalue weighted by atomic mass is 15.2. The molecule has 0 radical (unpaired) electrons. The van der Waals surface area contributed by atoms with Crippen LogP contribution in [-0.2, 0) is 6.42 Å². The topological polar surface area (TPSA) is 18.5 Å². The van der Waals surface area contributed by atoms with Crippen molar-refractivity contribution in [3.05, 3.63) is 257 Å². The van der Waals surface area contributed by atoms with Gasteiger partial charge in [-0.1, -0.05) is 183 Å². The van der Waals surface area contributed by atoms with Gasteiger partial charge in [0.2, 0.25) is 0 Å². The smallest absolute Gasteiger partial charge is 0.0687 e. The SMILES string of the molecule is C#C/C=C(\C=C/CN1C\C=C/C(C2=C/CN(C3=CC(C4=CC=CC=CC4)NC(c4ccccc4)=C3)c3ccccc3C/C=C\2)=C\C(=C)C(/C=C\CC)=C\1C)c1ccccc1. The highest BCUT2D eigenvalue weighted by Gasteiger charge is 2.24. The van der Waals surface area contributed by atoms with E-state index in [-0.39, 0.29) is 6.04 Å². The Kier molecular flexibility index (Phi) is 14.1. The summed E-state index contributed by atoms with van der Waals surface area (Å²) in [5.74, 6) is 2.72. The average molecular weight is 782 g/mol. The molecule has 0 saturated heterocycles. The summed E-state index contributed by atoms with van der Waals surface area (Å²) in [5, 5.41) is 3.88. The zero-order valence-electron chi connectivity index (χ0n) is 35.0. The van der Waals surface area contributed by atoms with Gasteiger partial charge in [0, 0.05) is 42.4 Å². The van der Waals surface area contributed by atoms with Crippen molar-refractivity contribution in [1.29, 1.82) is 0 Å². The van der Waals surface area contributed by atoms with E-state index in [1.54, 1.807) is 0 Å². The van der Waals surface area contributed by atoms with E-state index >= 15 is 0 Å². The van der Waals surface area contributed by atoms with Crippen LogP contribution < -0.4 is 10.2 Å². The minimum Gasteiger partial charge on any atom is -0.374 e. The number of terminal acetylenes is 1. The predicted octanol–water partition coefficient (Wildman–Crippen LogP) is 12.7. The molecule has 7 rings (SSSR count). The first-order valence-electron chi connectivity index (χ1n) is 21.1. The van der Waals surface area contributed by atoms with Gasteiger partial charge in [-0.25, -0.2) is 0 Å². The normalized spacial score (nSPS) is 22.8. The van der Waals surface area contributed by atoms with Crippen LogP contribution in [0.5, 0.6) is 0 Å². The Balaban J connectivity index is 1.24. The minimum absolute atomic E-state index is 0.0398. The van der Waals surface area contributed by atoms with E-state index in [2.05, 4.69) is 211 Å². The van der Waals surface area contributed by atoms with Crippen LogP contribution in [0.25, 0.3) is 11.3 Å². The first kappa shape index (κ1) is 41.2. The van der Waals surface area contributed by atoms with E-state index in [4.69, 9.17) is 6.42 Å². The lowest BCUT2D eigenvalue weighted by Gasteiger charge is -2.33. The van der Waals surface area contributed by atoms with Crippen LogP contribution in [0.2, 0.25) is 0 Å². The van der Waals surface area contributed by atoms with Gasteiger partial charge in [-0.15, -0.1) is 6.42 Å². The molecule has 0 aromatic heterocycles. The van der Waals surface area contributed by atoms with Crippen molar-refractivity contribution in [2.24, 2.45) is 0 Å². The number of anilines is 1. The highest BCUT2D eigenvalue weighted by molar-refractivity contribution is 5.76. The van der Waals surface area contributed by atoms with Crippen LogP contribution in [0.15, 0.2) is 240 Å². The molecule has 0 amide bonds. The number of dihydropyridines is 1.